The van der Waals surface area contributed by atoms with Crippen molar-refractivity contribution in [2.75, 3.05) is 7.11 Å². The molecule has 0 unspecified atom stereocenters. The maximum Gasteiger partial charge on any atom is 0.135 e. The summed E-state index contributed by atoms with van der Waals surface area (Å²) >= 11 is 6.86. The lowest BCUT2D eigenvalue weighted by Gasteiger charge is -2.19. The molecule has 1 saturated carbocycles. The second-order valence-electron chi connectivity index (χ2n) is 4.07. The van der Waals surface area contributed by atoms with Crippen LogP contribution in [-0.4, -0.2) is 24.4 Å². The summed E-state index contributed by atoms with van der Waals surface area (Å²) in [6.07, 6.45) is 2.27. The van der Waals surface area contributed by atoms with E-state index in [1.165, 1.54) is 0 Å². The van der Waals surface area contributed by atoms with E-state index < -0.39 is 0 Å². The largest absolute Gasteiger partial charge is 0.496 e. The third-order valence-corrected chi connectivity index (χ3v) is 4.14. The van der Waals surface area contributed by atoms with Gasteiger partial charge in [-0.15, -0.1) is 0 Å². The molecule has 1 aliphatic carbocycles. The fraction of sp³-hybridized carbons (Fsp3) is 0.500. The molecule has 0 saturated heterocycles. The number of hydrogen-bond donors (Lipinski definition) is 1. The Labute approximate surface area is 117 Å². The third-order valence-electron chi connectivity index (χ3n) is 2.90. The molecule has 0 aromatic heterocycles. The normalized spacial score (nSPS) is 23.8. The predicted octanol–water partition coefficient (Wildman–Crippen LogP) is 3.51. The highest BCUT2D eigenvalue weighted by atomic mass is 79.9. The molecule has 17 heavy (non-hydrogen) atoms. The second-order valence-corrected chi connectivity index (χ2v) is 5.78. The monoisotopic (exact) mass is 364 g/mol. The molecule has 0 radical (unpaired) electrons. The summed E-state index contributed by atoms with van der Waals surface area (Å²) in [7, 11) is 1.62. The lowest BCUT2D eigenvalue weighted by Crippen LogP contribution is -2.25. The standard InChI is InChI=1S/C12H14Br2O3/c1-16-11-5-8(14)12(6-7(11)13)17-10-4-2-3-9(10)15/h5-6,9-10,15H,2-4H2,1H3/t9-,10-/m0/s1. The number of rotatable bonds is 3. The summed E-state index contributed by atoms with van der Waals surface area (Å²) in [5.41, 5.74) is 0. The van der Waals surface area contributed by atoms with Gasteiger partial charge in [-0.25, -0.2) is 0 Å². The Bertz CT molecular complexity index is 409. The predicted molar refractivity (Wildman–Crippen MR) is 72.7 cm³/mol. The van der Waals surface area contributed by atoms with Crippen molar-refractivity contribution in [3.8, 4) is 11.5 Å². The Morgan fingerprint density at radius 1 is 1.18 bits per heavy atom. The molecule has 1 aliphatic rings. The van der Waals surface area contributed by atoms with Crippen LogP contribution in [0.25, 0.3) is 0 Å². The molecular formula is C12H14Br2O3. The molecule has 1 N–H and O–H groups in total. The number of aliphatic hydroxyl groups is 1. The number of benzene rings is 1. The van der Waals surface area contributed by atoms with E-state index in [4.69, 9.17) is 9.47 Å². The van der Waals surface area contributed by atoms with Crippen molar-refractivity contribution in [2.24, 2.45) is 0 Å². The van der Waals surface area contributed by atoms with Gasteiger partial charge in [-0.2, -0.15) is 0 Å². The average molecular weight is 366 g/mol. The Balaban J connectivity index is 2.18. The van der Waals surface area contributed by atoms with Crippen molar-refractivity contribution in [1.82, 2.24) is 0 Å². The van der Waals surface area contributed by atoms with Gasteiger partial charge < -0.3 is 14.6 Å². The molecule has 0 bridgehead atoms. The quantitative estimate of drug-likeness (QED) is 0.890. The first-order valence-electron chi connectivity index (χ1n) is 5.49. The van der Waals surface area contributed by atoms with Gasteiger partial charge in [-0.1, -0.05) is 0 Å². The fourth-order valence-corrected chi connectivity index (χ4v) is 2.86. The second kappa shape index (κ2) is 5.59. The first-order chi connectivity index (χ1) is 8.11. The van der Waals surface area contributed by atoms with Crippen molar-refractivity contribution in [3.05, 3.63) is 21.1 Å². The minimum Gasteiger partial charge on any atom is -0.496 e. The molecule has 0 heterocycles. The van der Waals surface area contributed by atoms with E-state index in [0.717, 1.165) is 39.7 Å². The molecule has 1 aromatic rings. The number of aliphatic hydroxyl groups excluding tert-OH is 1. The van der Waals surface area contributed by atoms with E-state index in [2.05, 4.69) is 31.9 Å². The molecule has 2 rings (SSSR count). The van der Waals surface area contributed by atoms with E-state index in [1.807, 2.05) is 12.1 Å². The van der Waals surface area contributed by atoms with Gasteiger partial charge in [0, 0.05) is 0 Å². The van der Waals surface area contributed by atoms with Crippen LogP contribution in [0, 0.1) is 0 Å². The zero-order valence-electron chi connectivity index (χ0n) is 9.45. The Hall–Kier alpha value is -0.260. The van der Waals surface area contributed by atoms with Crippen molar-refractivity contribution in [1.29, 1.82) is 0 Å². The molecule has 5 heteroatoms. The molecule has 94 valence electrons. The number of hydrogen-bond acceptors (Lipinski definition) is 3. The van der Waals surface area contributed by atoms with Crippen LogP contribution in [0.15, 0.2) is 21.1 Å². The molecule has 0 aliphatic heterocycles. The topological polar surface area (TPSA) is 38.7 Å². The molecule has 3 nitrogen and oxygen atoms in total. The molecule has 1 fully saturated rings. The van der Waals surface area contributed by atoms with Gasteiger partial charge in [0.15, 0.2) is 0 Å². The summed E-state index contributed by atoms with van der Waals surface area (Å²) in [5.74, 6) is 1.47. The van der Waals surface area contributed by atoms with Crippen molar-refractivity contribution in [3.63, 3.8) is 0 Å². The third kappa shape index (κ3) is 2.95. The summed E-state index contributed by atoms with van der Waals surface area (Å²) in [4.78, 5) is 0. The number of halogens is 2. The van der Waals surface area contributed by atoms with Crippen molar-refractivity contribution >= 4 is 31.9 Å². The summed E-state index contributed by atoms with van der Waals surface area (Å²) in [6.45, 7) is 0. The lowest BCUT2D eigenvalue weighted by molar-refractivity contribution is 0.0598. The van der Waals surface area contributed by atoms with Crippen LogP contribution >= 0.6 is 31.9 Å². The van der Waals surface area contributed by atoms with E-state index in [9.17, 15) is 5.11 Å². The maximum atomic E-state index is 9.73. The minimum absolute atomic E-state index is 0.105. The minimum atomic E-state index is -0.359. The van der Waals surface area contributed by atoms with Crippen LogP contribution in [0.2, 0.25) is 0 Å². The fourth-order valence-electron chi connectivity index (χ4n) is 1.96. The van der Waals surface area contributed by atoms with Gasteiger partial charge >= 0.3 is 0 Å². The van der Waals surface area contributed by atoms with Crippen LogP contribution in [0.5, 0.6) is 11.5 Å². The van der Waals surface area contributed by atoms with Crippen molar-refractivity contribution in [2.45, 2.75) is 31.5 Å². The van der Waals surface area contributed by atoms with Crippen LogP contribution in [0.1, 0.15) is 19.3 Å². The molecular weight excluding hydrogens is 352 g/mol. The van der Waals surface area contributed by atoms with Crippen LogP contribution < -0.4 is 9.47 Å². The highest BCUT2D eigenvalue weighted by Gasteiger charge is 2.27. The Morgan fingerprint density at radius 2 is 1.82 bits per heavy atom. The highest BCUT2D eigenvalue weighted by Crippen LogP contribution is 2.37. The van der Waals surface area contributed by atoms with Gasteiger partial charge in [0.05, 0.1) is 22.2 Å². The van der Waals surface area contributed by atoms with E-state index >= 15 is 0 Å². The highest BCUT2D eigenvalue weighted by molar-refractivity contribution is 9.11. The Kier molecular flexibility index (Phi) is 4.33. The first kappa shape index (κ1) is 13.2. The number of ether oxygens (including phenoxy) is 2. The van der Waals surface area contributed by atoms with Gasteiger partial charge in [-0.3, -0.25) is 0 Å². The van der Waals surface area contributed by atoms with E-state index in [0.29, 0.717) is 0 Å². The summed E-state index contributed by atoms with van der Waals surface area (Å²) < 4.78 is 12.7. The van der Waals surface area contributed by atoms with Crippen LogP contribution in [-0.2, 0) is 0 Å². The molecule has 0 spiro atoms. The van der Waals surface area contributed by atoms with E-state index in [-0.39, 0.29) is 12.2 Å². The molecule has 2 atom stereocenters. The average Bonchev–Trinajstić information content (AvgIpc) is 2.69. The zero-order chi connectivity index (χ0) is 12.4. The SMILES string of the molecule is COc1cc(Br)c(O[C@H]2CCC[C@@H]2O)cc1Br. The smallest absolute Gasteiger partial charge is 0.135 e. The van der Waals surface area contributed by atoms with E-state index in [1.54, 1.807) is 7.11 Å². The maximum absolute atomic E-state index is 9.73. The Morgan fingerprint density at radius 3 is 2.41 bits per heavy atom. The lowest BCUT2D eigenvalue weighted by atomic mass is 10.2. The number of methoxy groups -OCH3 is 1. The van der Waals surface area contributed by atoms with Gasteiger partial charge in [0.1, 0.15) is 17.6 Å². The molecule has 1 aromatic carbocycles. The summed E-state index contributed by atoms with van der Waals surface area (Å²) in [6, 6.07) is 3.70. The summed E-state index contributed by atoms with van der Waals surface area (Å²) in [5, 5.41) is 9.73. The van der Waals surface area contributed by atoms with Crippen LogP contribution in [0.4, 0.5) is 0 Å². The zero-order valence-corrected chi connectivity index (χ0v) is 12.6. The molecule has 0 amide bonds. The van der Waals surface area contributed by atoms with Gasteiger partial charge in [-0.05, 0) is 63.3 Å². The first-order valence-corrected chi connectivity index (χ1v) is 7.08. The van der Waals surface area contributed by atoms with Gasteiger partial charge in [0.2, 0.25) is 0 Å². The van der Waals surface area contributed by atoms with Crippen LogP contribution in [0.3, 0.4) is 0 Å². The van der Waals surface area contributed by atoms with Crippen molar-refractivity contribution < 1.29 is 14.6 Å². The van der Waals surface area contributed by atoms with Gasteiger partial charge in [0.25, 0.3) is 0 Å².